The lowest BCUT2D eigenvalue weighted by atomic mass is 10.2. The molecule has 3 amide bonds. The number of rotatable bonds is 5. The maximum Gasteiger partial charge on any atom is 0.319 e. The van der Waals surface area contributed by atoms with Crippen molar-refractivity contribution in [1.29, 1.82) is 0 Å². The van der Waals surface area contributed by atoms with Crippen LogP contribution in [0.2, 0.25) is 0 Å². The molecule has 2 aromatic carbocycles. The number of anilines is 2. The maximum atomic E-state index is 13.1. The van der Waals surface area contributed by atoms with Gasteiger partial charge in [0.15, 0.2) is 0 Å². The molecule has 2 aromatic rings. The Morgan fingerprint density at radius 3 is 2.58 bits per heavy atom. The van der Waals surface area contributed by atoms with Crippen LogP contribution in [0.5, 0.6) is 0 Å². The number of hydrogen-bond acceptors (Lipinski definition) is 3. The smallest absolute Gasteiger partial charge is 0.319 e. The lowest BCUT2D eigenvalue weighted by Gasteiger charge is -2.12. The monoisotopic (exact) mass is 357 g/mol. The van der Waals surface area contributed by atoms with Crippen molar-refractivity contribution in [3.8, 4) is 0 Å². The Morgan fingerprint density at radius 2 is 1.85 bits per heavy atom. The molecule has 136 valence electrons. The zero-order valence-corrected chi connectivity index (χ0v) is 14.1. The average molecular weight is 357 g/mol. The van der Waals surface area contributed by atoms with Crippen molar-refractivity contribution in [3.05, 3.63) is 59.9 Å². The molecule has 1 atom stereocenters. The first-order chi connectivity index (χ1) is 12.6. The summed E-state index contributed by atoms with van der Waals surface area (Å²) in [5, 5.41) is 8.08. The van der Waals surface area contributed by atoms with E-state index in [4.69, 9.17) is 4.74 Å². The van der Waals surface area contributed by atoms with Crippen molar-refractivity contribution in [2.24, 2.45) is 0 Å². The summed E-state index contributed by atoms with van der Waals surface area (Å²) < 4.78 is 18.5. The van der Waals surface area contributed by atoms with Crippen LogP contribution in [-0.4, -0.2) is 24.6 Å². The van der Waals surface area contributed by atoms with Crippen LogP contribution in [0.3, 0.4) is 0 Å². The number of urea groups is 1. The molecule has 0 unspecified atom stereocenters. The Kier molecular flexibility index (Phi) is 5.80. The molecule has 0 spiro atoms. The van der Waals surface area contributed by atoms with E-state index in [0.29, 0.717) is 18.0 Å². The largest absolute Gasteiger partial charge is 0.368 e. The van der Waals surface area contributed by atoms with Gasteiger partial charge in [-0.05, 0) is 48.7 Å². The van der Waals surface area contributed by atoms with Crippen molar-refractivity contribution < 1.29 is 18.7 Å². The molecule has 3 rings (SSSR count). The van der Waals surface area contributed by atoms with E-state index in [9.17, 15) is 14.0 Å². The number of benzene rings is 2. The van der Waals surface area contributed by atoms with Crippen LogP contribution in [0, 0.1) is 5.82 Å². The second-order valence-electron chi connectivity index (χ2n) is 6.01. The number of carbonyl (C=O) groups is 2. The highest BCUT2D eigenvalue weighted by Crippen LogP contribution is 2.16. The van der Waals surface area contributed by atoms with Gasteiger partial charge in [0.2, 0.25) is 0 Å². The quantitative estimate of drug-likeness (QED) is 0.768. The summed E-state index contributed by atoms with van der Waals surface area (Å²) in [5.41, 5.74) is 1.85. The minimum atomic E-state index is -0.440. The number of ether oxygens (including phenoxy) is 1. The van der Waals surface area contributed by atoms with Gasteiger partial charge in [-0.15, -0.1) is 0 Å². The maximum absolute atomic E-state index is 13.1. The van der Waals surface area contributed by atoms with Crippen LogP contribution in [0.15, 0.2) is 48.5 Å². The molecule has 0 aliphatic carbocycles. The molecule has 0 aromatic heterocycles. The molecule has 1 aliphatic rings. The van der Waals surface area contributed by atoms with E-state index >= 15 is 0 Å². The first-order valence-corrected chi connectivity index (χ1v) is 8.42. The normalized spacial score (nSPS) is 16.1. The van der Waals surface area contributed by atoms with Gasteiger partial charge in [-0.25, -0.2) is 9.18 Å². The van der Waals surface area contributed by atoms with E-state index < -0.39 is 18.0 Å². The minimum absolute atomic E-state index is 0.156. The Morgan fingerprint density at radius 1 is 1.08 bits per heavy atom. The first-order valence-electron chi connectivity index (χ1n) is 8.42. The minimum Gasteiger partial charge on any atom is -0.368 e. The van der Waals surface area contributed by atoms with Crippen LogP contribution < -0.4 is 16.0 Å². The van der Waals surface area contributed by atoms with Gasteiger partial charge in [-0.1, -0.05) is 18.2 Å². The van der Waals surface area contributed by atoms with Gasteiger partial charge < -0.3 is 20.7 Å². The Bertz CT molecular complexity index is 791. The molecule has 1 fully saturated rings. The van der Waals surface area contributed by atoms with Crippen LogP contribution >= 0.6 is 0 Å². The number of hydrogen-bond donors (Lipinski definition) is 3. The Labute approximate surface area is 150 Å². The predicted octanol–water partition coefficient (Wildman–Crippen LogP) is 3.26. The zero-order chi connectivity index (χ0) is 18.4. The van der Waals surface area contributed by atoms with Gasteiger partial charge >= 0.3 is 6.03 Å². The fraction of sp³-hybridized carbons (Fsp3) is 0.263. The number of nitrogens with one attached hydrogen (secondary N) is 3. The lowest BCUT2D eigenvalue weighted by molar-refractivity contribution is -0.124. The summed E-state index contributed by atoms with van der Waals surface area (Å²) in [5.74, 6) is -0.575. The number of carbonyl (C=O) groups excluding carboxylic acids is 2. The fourth-order valence-electron chi connectivity index (χ4n) is 2.69. The molecule has 1 saturated heterocycles. The van der Waals surface area contributed by atoms with E-state index in [1.54, 1.807) is 24.3 Å². The van der Waals surface area contributed by atoms with Crippen molar-refractivity contribution in [1.82, 2.24) is 5.32 Å². The van der Waals surface area contributed by atoms with Crippen molar-refractivity contribution in [3.63, 3.8) is 0 Å². The van der Waals surface area contributed by atoms with Crippen molar-refractivity contribution in [2.75, 3.05) is 17.2 Å². The highest BCUT2D eigenvalue weighted by Gasteiger charge is 2.23. The van der Waals surface area contributed by atoms with Crippen molar-refractivity contribution >= 4 is 23.3 Å². The van der Waals surface area contributed by atoms with Crippen LogP contribution in [0.4, 0.5) is 20.6 Å². The molecule has 0 radical (unpaired) electrons. The second-order valence-corrected chi connectivity index (χ2v) is 6.01. The van der Waals surface area contributed by atoms with Gasteiger partial charge in [0.25, 0.3) is 5.91 Å². The van der Waals surface area contributed by atoms with Gasteiger partial charge in [0.05, 0.1) is 0 Å². The van der Waals surface area contributed by atoms with Gasteiger partial charge in [-0.3, -0.25) is 4.79 Å². The topological polar surface area (TPSA) is 79.5 Å². The van der Waals surface area contributed by atoms with Crippen LogP contribution in [-0.2, 0) is 16.1 Å². The van der Waals surface area contributed by atoms with Gasteiger partial charge in [0, 0.05) is 24.5 Å². The standard InChI is InChI=1S/C19H20FN3O3/c20-14-5-2-7-16(11-14)23-19(25)21-12-13-4-1-6-15(10-13)22-18(24)17-8-3-9-26-17/h1-2,4-7,10-11,17H,3,8-9,12H2,(H,22,24)(H2,21,23,25)/t17-/m1/s1. The molecule has 26 heavy (non-hydrogen) atoms. The summed E-state index contributed by atoms with van der Waals surface area (Å²) in [7, 11) is 0. The molecular formula is C19H20FN3O3. The summed E-state index contributed by atoms with van der Waals surface area (Å²) in [6.07, 6.45) is 1.23. The zero-order valence-electron chi connectivity index (χ0n) is 14.1. The molecule has 3 N–H and O–H groups in total. The summed E-state index contributed by atoms with van der Waals surface area (Å²) in [6.45, 7) is 0.882. The average Bonchev–Trinajstić information content (AvgIpc) is 3.15. The summed E-state index contributed by atoms with van der Waals surface area (Å²) in [4.78, 5) is 24.0. The first kappa shape index (κ1) is 17.9. The molecular weight excluding hydrogens is 337 g/mol. The van der Waals surface area contributed by atoms with Gasteiger partial charge in [0.1, 0.15) is 11.9 Å². The predicted molar refractivity (Wildman–Crippen MR) is 96.3 cm³/mol. The Hall–Kier alpha value is -2.93. The third-order valence-electron chi connectivity index (χ3n) is 3.95. The molecule has 1 aliphatic heterocycles. The van der Waals surface area contributed by atoms with Crippen molar-refractivity contribution in [2.45, 2.75) is 25.5 Å². The molecule has 7 heteroatoms. The molecule has 0 saturated carbocycles. The molecule has 1 heterocycles. The van der Waals surface area contributed by atoms with E-state index in [1.807, 2.05) is 6.07 Å². The molecule has 6 nitrogen and oxygen atoms in total. The molecule has 0 bridgehead atoms. The SMILES string of the molecule is O=C(NCc1cccc(NC(=O)[C@H]2CCCO2)c1)Nc1cccc(F)c1. The van der Waals surface area contributed by atoms with E-state index in [1.165, 1.54) is 18.2 Å². The van der Waals surface area contributed by atoms with Gasteiger partial charge in [-0.2, -0.15) is 0 Å². The fourth-order valence-corrected chi connectivity index (χ4v) is 2.69. The second kappa shape index (κ2) is 8.44. The van der Waals surface area contributed by atoms with Crippen LogP contribution in [0.1, 0.15) is 18.4 Å². The highest BCUT2D eigenvalue weighted by molar-refractivity contribution is 5.94. The summed E-state index contributed by atoms with van der Waals surface area (Å²) >= 11 is 0. The number of halogens is 1. The summed E-state index contributed by atoms with van der Waals surface area (Å²) in [6, 6.07) is 12.4. The third-order valence-corrected chi connectivity index (χ3v) is 3.95. The third kappa shape index (κ3) is 5.03. The van der Waals surface area contributed by atoms with E-state index in [2.05, 4.69) is 16.0 Å². The lowest BCUT2D eigenvalue weighted by Crippen LogP contribution is -2.28. The van der Waals surface area contributed by atoms with E-state index in [-0.39, 0.29) is 12.5 Å². The van der Waals surface area contributed by atoms with E-state index in [0.717, 1.165) is 18.4 Å². The Balaban J connectivity index is 1.51. The number of amides is 3. The van der Waals surface area contributed by atoms with Crippen LogP contribution in [0.25, 0.3) is 0 Å². The highest BCUT2D eigenvalue weighted by atomic mass is 19.1.